The van der Waals surface area contributed by atoms with Crippen LogP contribution in [0.3, 0.4) is 0 Å². The summed E-state index contributed by atoms with van der Waals surface area (Å²) in [4.78, 5) is 14.4. The Bertz CT molecular complexity index is 626. The van der Waals surface area contributed by atoms with E-state index < -0.39 is 0 Å². The van der Waals surface area contributed by atoms with Gasteiger partial charge in [-0.15, -0.1) is 5.10 Å². The second kappa shape index (κ2) is 6.99. The van der Waals surface area contributed by atoms with Gasteiger partial charge < -0.3 is 14.7 Å². The van der Waals surface area contributed by atoms with Crippen molar-refractivity contribution in [3.05, 3.63) is 33.8 Å². The molecule has 0 bridgehead atoms. The maximum atomic E-state index is 12.5. The van der Waals surface area contributed by atoms with Crippen LogP contribution in [-0.2, 0) is 24.4 Å². The maximum absolute atomic E-state index is 12.5. The molecule has 0 saturated heterocycles. The van der Waals surface area contributed by atoms with E-state index in [4.69, 9.17) is 9.84 Å². The van der Waals surface area contributed by atoms with Gasteiger partial charge in [0.15, 0.2) is 0 Å². The highest BCUT2D eigenvalue weighted by Crippen LogP contribution is 2.18. The molecule has 0 radical (unpaired) electrons. The van der Waals surface area contributed by atoms with Crippen LogP contribution in [0.5, 0.6) is 0 Å². The van der Waals surface area contributed by atoms with Gasteiger partial charge in [-0.05, 0) is 17.9 Å². The molecule has 7 nitrogen and oxygen atoms in total. The van der Waals surface area contributed by atoms with E-state index in [9.17, 15) is 4.79 Å². The molecule has 2 aromatic rings. The van der Waals surface area contributed by atoms with Crippen LogP contribution in [0.4, 0.5) is 0 Å². The highest BCUT2D eigenvalue weighted by molar-refractivity contribution is 7.08. The monoisotopic (exact) mass is 322 g/mol. The lowest BCUT2D eigenvalue weighted by Gasteiger charge is -2.19. The molecule has 118 valence electrons. The number of aliphatic hydroxyl groups is 1. The van der Waals surface area contributed by atoms with Crippen molar-refractivity contribution in [2.75, 3.05) is 19.8 Å². The number of rotatable bonds is 5. The van der Waals surface area contributed by atoms with Gasteiger partial charge in [-0.25, -0.2) is 4.68 Å². The molecule has 2 aromatic heterocycles. The molecule has 0 spiro atoms. The lowest BCUT2D eigenvalue weighted by Crippen LogP contribution is -2.30. The predicted octanol–water partition coefficient (Wildman–Crippen LogP) is 0.895. The summed E-state index contributed by atoms with van der Waals surface area (Å²) < 4.78 is 7.18. The number of aliphatic hydroxyl groups excluding tert-OH is 1. The van der Waals surface area contributed by atoms with Crippen molar-refractivity contribution in [3.63, 3.8) is 0 Å². The topological polar surface area (TPSA) is 80.5 Å². The number of carbonyl (C=O) groups excluding carboxylic acids is 1. The van der Waals surface area contributed by atoms with Crippen LogP contribution in [0, 0.1) is 0 Å². The third-order valence-electron chi connectivity index (χ3n) is 3.59. The number of ether oxygens (including phenoxy) is 1. The lowest BCUT2D eigenvalue weighted by molar-refractivity contribution is 0.0729. The standard InChI is InChI=1S/C14H18N4O3S/c19-5-6-21-9-12-13-8-17(3-1-4-18(13)16-15-12)14(20)11-2-7-22-10-11/h2,7,10,19H,1,3-6,8-9H2. The molecular weight excluding hydrogens is 304 g/mol. The number of thiophene rings is 1. The summed E-state index contributed by atoms with van der Waals surface area (Å²) in [6.07, 6.45) is 0.850. The summed E-state index contributed by atoms with van der Waals surface area (Å²) in [6.45, 7) is 2.48. The fourth-order valence-electron chi connectivity index (χ4n) is 2.48. The van der Waals surface area contributed by atoms with Gasteiger partial charge in [0.05, 0.1) is 37.6 Å². The number of carbonyl (C=O) groups is 1. The van der Waals surface area contributed by atoms with Gasteiger partial charge in [0.2, 0.25) is 0 Å². The number of hydrogen-bond acceptors (Lipinski definition) is 6. The molecule has 0 atom stereocenters. The van der Waals surface area contributed by atoms with E-state index in [1.807, 2.05) is 26.4 Å². The zero-order chi connectivity index (χ0) is 15.4. The molecule has 0 saturated carbocycles. The second-order valence-electron chi connectivity index (χ2n) is 5.07. The Balaban J connectivity index is 1.76. The minimum atomic E-state index is -0.0216. The molecule has 0 aliphatic carbocycles. The van der Waals surface area contributed by atoms with Crippen LogP contribution in [0.2, 0.25) is 0 Å². The van der Waals surface area contributed by atoms with E-state index in [0.29, 0.717) is 19.7 Å². The quantitative estimate of drug-likeness (QED) is 0.827. The first-order valence-electron chi connectivity index (χ1n) is 7.21. The third-order valence-corrected chi connectivity index (χ3v) is 4.27. The second-order valence-corrected chi connectivity index (χ2v) is 5.85. The molecule has 1 N–H and O–H groups in total. The third kappa shape index (κ3) is 3.18. The fourth-order valence-corrected chi connectivity index (χ4v) is 3.11. The summed E-state index contributed by atoms with van der Waals surface area (Å²) in [7, 11) is 0. The van der Waals surface area contributed by atoms with E-state index in [2.05, 4.69) is 10.3 Å². The molecule has 8 heteroatoms. The fraction of sp³-hybridized carbons (Fsp3) is 0.500. The van der Waals surface area contributed by atoms with E-state index in [-0.39, 0.29) is 19.1 Å². The number of fused-ring (bicyclic) bond motifs is 1. The van der Waals surface area contributed by atoms with Crippen molar-refractivity contribution < 1.29 is 14.6 Å². The summed E-state index contributed by atoms with van der Waals surface area (Å²) in [5.41, 5.74) is 2.38. The van der Waals surface area contributed by atoms with Gasteiger partial charge in [-0.3, -0.25) is 4.79 Å². The van der Waals surface area contributed by atoms with E-state index in [1.54, 1.807) is 0 Å². The smallest absolute Gasteiger partial charge is 0.255 e. The normalized spacial score (nSPS) is 14.7. The predicted molar refractivity (Wildman–Crippen MR) is 80.4 cm³/mol. The Morgan fingerprint density at radius 2 is 2.36 bits per heavy atom. The van der Waals surface area contributed by atoms with Crippen molar-refractivity contribution in [2.45, 2.75) is 26.1 Å². The minimum absolute atomic E-state index is 0.0216. The Morgan fingerprint density at radius 1 is 1.45 bits per heavy atom. The van der Waals surface area contributed by atoms with Crippen LogP contribution in [0.1, 0.15) is 28.2 Å². The van der Waals surface area contributed by atoms with Crippen LogP contribution in [-0.4, -0.2) is 50.7 Å². The van der Waals surface area contributed by atoms with Gasteiger partial charge in [0.25, 0.3) is 5.91 Å². The number of aryl methyl sites for hydroxylation is 1. The first-order valence-corrected chi connectivity index (χ1v) is 8.15. The molecular formula is C14H18N4O3S. The summed E-state index contributed by atoms with van der Waals surface area (Å²) in [5.74, 6) is 0.0399. The van der Waals surface area contributed by atoms with Gasteiger partial charge in [-0.1, -0.05) is 5.21 Å². The number of hydrogen-bond donors (Lipinski definition) is 1. The molecule has 0 fully saturated rings. The molecule has 1 amide bonds. The molecule has 3 heterocycles. The lowest BCUT2D eigenvalue weighted by atomic mass is 10.2. The molecule has 0 aromatic carbocycles. The van der Waals surface area contributed by atoms with Crippen LogP contribution < -0.4 is 0 Å². The first kappa shape index (κ1) is 15.1. The van der Waals surface area contributed by atoms with E-state index >= 15 is 0 Å². The average Bonchev–Trinajstić information content (AvgIpc) is 3.13. The van der Waals surface area contributed by atoms with Crippen molar-refractivity contribution in [2.24, 2.45) is 0 Å². The van der Waals surface area contributed by atoms with Crippen molar-refractivity contribution in [1.82, 2.24) is 19.9 Å². The Hall–Kier alpha value is -1.77. The summed E-state index contributed by atoms with van der Waals surface area (Å²) >= 11 is 1.52. The molecule has 3 rings (SSSR count). The molecule has 22 heavy (non-hydrogen) atoms. The minimum Gasteiger partial charge on any atom is -0.394 e. The molecule has 0 unspecified atom stereocenters. The van der Waals surface area contributed by atoms with Crippen LogP contribution >= 0.6 is 11.3 Å². The van der Waals surface area contributed by atoms with Crippen molar-refractivity contribution in [1.29, 1.82) is 0 Å². The van der Waals surface area contributed by atoms with Crippen LogP contribution in [0.15, 0.2) is 16.8 Å². The summed E-state index contributed by atoms with van der Waals surface area (Å²) in [6, 6.07) is 1.85. The number of amides is 1. The van der Waals surface area contributed by atoms with Crippen molar-refractivity contribution >= 4 is 17.2 Å². The Labute approximate surface area is 132 Å². The molecule has 1 aliphatic heterocycles. The first-order chi connectivity index (χ1) is 10.8. The van der Waals surface area contributed by atoms with Gasteiger partial charge in [0.1, 0.15) is 5.69 Å². The average molecular weight is 322 g/mol. The highest BCUT2D eigenvalue weighted by Gasteiger charge is 2.24. The SMILES string of the molecule is O=C(c1ccsc1)N1CCCn2nnc(COCCO)c2C1. The largest absolute Gasteiger partial charge is 0.394 e. The zero-order valence-electron chi connectivity index (χ0n) is 12.1. The van der Waals surface area contributed by atoms with Crippen molar-refractivity contribution in [3.8, 4) is 0 Å². The Kier molecular flexibility index (Phi) is 4.81. The Morgan fingerprint density at radius 3 is 3.14 bits per heavy atom. The van der Waals surface area contributed by atoms with Gasteiger partial charge in [-0.2, -0.15) is 11.3 Å². The van der Waals surface area contributed by atoms with E-state index in [0.717, 1.165) is 29.9 Å². The molecule has 1 aliphatic rings. The zero-order valence-corrected chi connectivity index (χ0v) is 13.0. The summed E-state index contributed by atoms with van der Waals surface area (Å²) in [5, 5.41) is 20.8. The number of aromatic nitrogens is 3. The van der Waals surface area contributed by atoms with Gasteiger partial charge >= 0.3 is 0 Å². The van der Waals surface area contributed by atoms with Gasteiger partial charge in [0, 0.05) is 18.5 Å². The maximum Gasteiger partial charge on any atom is 0.255 e. The highest BCUT2D eigenvalue weighted by atomic mass is 32.1. The van der Waals surface area contributed by atoms with E-state index in [1.165, 1.54) is 11.3 Å². The van der Waals surface area contributed by atoms with Crippen LogP contribution in [0.25, 0.3) is 0 Å². The number of nitrogens with zero attached hydrogens (tertiary/aromatic N) is 4.